The third kappa shape index (κ3) is 18.4. The number of carbonyl (C=O) groups excluding carboxylic acids is 10. The van der Waals surface area contributed by atoms with Crippen molar-refractivity contribution in [2.75, 3.05) is 27.2 Å². The quantitative estimate of drug-likeness (QED) is 0.0776. The first kappa shape index (κ1) is 60.6. The lowest BCUT2D eigenvalue weighted by molar-refractivity contribution is -0.161. The predicted octanol–water partition coefficient (Wildman–Crippen LogP) is 4.27. The second-order valence-electron chi connectivity index (χ2n) is 19.6. The molecule has 0 aliphatic carbocycles. The summed E-state index contributed by atoms with van der Waals surface area (Å²) in [5.41, 5.74) is 1.37. The molecule has 0 spiro atoms. The number of hydrogen-bond acceptors (Lipinski definition) is 13. The van der Waals surface area contributed by atoms with E-state index in [1.54, 1.807) is 64.1 Å². The molecule has 2 aliphatic heterocycles. The van der Waals surface area contributed by atoms with Gasteiger partial charge < -0.3 is 40.0 Å². The molecule has 0 radical (unpaired) electrons. The number of benzene rings is 1. The molecule has 19 nitrogen and oxygen atoms in total. The summed E-state index contributed by atoms with van der Waals surface area (Å²) in [6, 6.07) is 4.23. The molecule has 2 heterocycles. The van der Waals surface area contributed by atoms with E-state index in [4.69, 9.17) is 14.2 Å². The molecule has 0 aromatic heterocycles. The van der Waals surface area contributed by atoms with Gasteiger partial charge in [0.1, 0.15) is 36.4 Å². The second kappa shape index (κ2) is 29.1. The van der Waals surface area contributed by atoms with Crippen LogP contribution in [0.25, 0.3) is 0 Å². The first-order valence-corrected chi connectivity index (χ1v) is 25.3. The van der Waals surface area contributed by atoms with E-state index < -0.39 is 120 Å². The number of esters is 3. The fourth-order valence-electron chi connectivity index (χ4n) is 8.29. The summed E-state index contributed by atoms with van der Waals surface area (Å²) in [5, 5.41) is 8.08. The summed E-state index contributed by atoms with van der Waals surface area (Å²) in [4.78, 5) is 139. The molecule has 0 saturated carbocycles. The average molecular weight is 1020 g/mol. The Morgan fingerprint density at radius 2 is 1.47 bits per heavy atom. The summed E-state index contributed by atoms with van der Waals surface area (Å²) in [5.74, 6) is -7.71. The van der Waals surface area contributed by atoms with Crippen LogP contribution in [0.1, 0.15) is 120 Å². The number of likely N-dealkylation sites (N-methyl/N-ethyl adjacent to an activating group) is 2. The molecule has 0 bridgehead atoms. The lowest BCUT2D eigenvalue weighted by atomic mass is 9.90. The lowest BCUT2D eigenvalue weighted by Gasteiger charge is -2.33. The van der Waals surface area contributed by atoms with Crippen LogP contribution in [0.3, 0.4) is 0 Å². The van der Waals surface area contributed by atoms with Crippen molar-refractivity contribution in [2.24, 2.45) is 17.8 Å². The van der Waals surface area contributed by atoms with Crippen molar-refractivity contribution in [1.29, 1.82) is 0 Å². The van der Waals surface area contributed by atoms with Crippen LogP contribution < -0.4 is 16.0 Å². The van der Waals surface area contributed by atoms with Crippen molar-refractivity contribution in [3.05, 3.63) is 71.3 Å². The molecule has 73 heavy (non-hydrogen) atoms. The van der Waals surface area contributed by atoms with Crippen molar-refractivity contribution in [3.8, 4) is 0 Å². The van der Waals surface area contributed by atoms with E-state index in [0.717, 1.165) is 9.80 Å². The van der Waals surface area contributed by atoms with Gasteiger partial charge in [0.05, 0.1) is 6.54 Å². The largest absolute Gasteiger partial charge is 0.462 e. The number of cyclic esters (lactones) is 2. The fourth-order valence-corrected chi connectivity index (χ4v) is 8.29. The average Bonchev–Trinajstić information content (AvgIpc) is 3.67. The van der Waals surface area contributed by atoms with Gasteiger partial charge in [0.25, 0.3) is 17.7 Å². The molecule has 402 valence electrons. The van der Waals surface area contributed by atoms with E-state index in [1.807, 2.05) is 20.8 Å². The van der Waals surface area contributed by atoms with Crippen LogP contribution in [-0.4, -0.2) is 144 Å². The molecule has 0 saturated heterocycles. The molecule has 2 aliphatic rings. The number of carbonyl (C=O) groups is 10. The zero-order valence-corrected chi connectivity index (χ0v) is 44.7. The molecule has 19 heteroatoms. The number of ether oxygens (including phenoxy) is 3. The monoisotopic (exact) mass is 1020 g/mol. The highest BCUT2D eigenvalue weighted by Crippen LogP contribution is 2.27. The molecule has 2 unspecified atom stereocenters. The molecule has 7 amide bonds. The van der Waals surface area contributed by atoms with Crippen LogP contribution in [0.4, 0.5) is 0 Å². The Morgan fingerprint density at radius 3 is 2.07 bits per heavy atom. The zero-order valence-electron chi connectivity index (χ0n) is 44.7. The first-order valence-electron chi connectivity index (χ1n) is 25.3. The minimum absolute atomic E-state index is 0.0267. The maximum Gasteiger partial charge on any atom is 0.334 e. The van der Waals surface area contributed by atoms with E-state index in [2.05, 4.69) is 16.0 Å². The second-order valence-corrected chi connectivity index (χ2v) is 19.6. The number of allylic oxidation sites excluding steroid dienone is 1. The number of rotatable bonds is 14. The third-order valence-corrected chi connectivity index (χ3v) is 13.2. The van der Waals surface area contributed by atoms with Crippen LogP contribution in [0.2, 0.25) is 0 Å². The molecule has 9 atom stereocenters. The molecular formula is C54H78N6O13. The van der Waals surface area contributed by atoms with Crippen molar-refractivity contribution in [2.45, 2.75) is 163 Å². The number of nitrogens with zero attached hydrogens (tertiary/aromatic N) is 3. The van der Waals surface area contributed by atoms with Gasteiger partial charge in [-0.15, -0.1) is 0 Å². The molecular weight excluding hydrogens is 941 g/mol. The van der Waals surface area contributed by atoms with E-state index in [1.165, 1.54) is 58.0 Å². The van der Waals surface area contributed by atoms with Gasteiger partial charge in [-0.3, -0.25) is 43.3 Å². The summed E-state index contributed by atoms with van der Waals surface area (Å²) in [7, 11) is 2.82. The highest BCUT2D eigenvalue weighted by molar-refractivity contribution is 6.12. The smallest absolute Gasteiger partial charge is 0.334 e. The van der Waals surface area contributed by atoms with Crippen LogP contribution in [0, 0.1) is 17.8 Å². The zero-order chi connectivity index (χ0) is 54.7. The Kier molecular flexibility index (Phi) is 24.2. The fraction of sp³-hybridized carbons (Fsp3) is 0.593. The number of nitrogens with one attached hydrogen (secondary N) is 3. The molecule has 3 rings (SSSR count). The summed E-state index contributed by atoms with van der Waals surface area (Å²) in [6.45, 7) is 16.5. The van der Waals surface area contributed by atoms with E-state index in [9.17, 15) is 47.9 Å². The number of unbranched alkanes of at least 4 members (excludes halogenated alkanes) is 2. The third-order valence-electron chi connectivity index (χ3n) is 13.2. The van der Waals surface area contributed by atoms with Crippen LogP contribution in [-0.2, 0) is 68.6 Å². The van der Waals surface area contributed by atoms with Gasteiger partial charge in [-0.2, -0.15) is 0 Å². The normalized spacial score (nSPS) is 26.4. The lowest BCUT2D eigenvalue weighted by Crippen LogP contribution is -2.57. The Labute approximate surface area is 430 Å². The summed E-state index contributed by atoms with van der Waals surface area (Å²) >= 11 is 0. The highest BCUT2D eigenvalue weighted by atomic mass is 16.6. The number of amides is 7. The Bertz CT molecular complexity index is 2220. The molecule has 1 aromatic rings. The van der Waals surface area contributed by atoms with Crippen LogP contribution in [0.5, 0.6) is 0 Å². The standard InChI is InChI=1S/C54H78N6O13/c1-13-33(5)47-50(66)56-38(10)54(70)73-48(34(6)14-2)36(8)41(71-46(64)23-19-16-20-28-60-44(62)26-27-45(60)63)25-24-35(7)53(69)72-42(29-32(3)4)49(65)55-37(9)51(67)59(12)40(30-39-21-17-15-18-22-39)52(68)58(11)31-43(61)57-47/h14-15,17-18,21-22,24,26-27,32-33,36-38,40-42,47-48H,13,16,19-20,23,25,28-31H2,1-12H3,(H,55,65)(H,56,66)(H,57,61)/b34-14+,35-24+/t33?,36-,37-,38+,40+,41-,42+,47?,48+/m0/s1. The summed E-state index contributed by atoms with van der Waals surface area (Å²) < 4.78 is 18.0. The van der Waals surface area contributed by atoms with Crippen molar-refractivity contribution >= 4 is 59.3 Å². The van der Waals surface area contributed by atoms with Gasteiger partial charge in [-0.1, -0.05) is 89.9 Å². The number of hydrogen-bond donors (Lipinski definition) is 3. The predicted molar refractivity (Wildman–Crippen MR) is 271 cm³/mol. The maximum atomic E-state index is 14.3. The van der Waals surface area contributed by atoms with Gasteiger partial charge >= 0.3 is 17.9 Å². The highest BCUT2D eigenvalue weighted by Gasteiger charge is 2.38. The van der Waals surface area contributed by atoms with Crippen molar-refractivity contribution < 1.29 is 62.2 Å². The SMILES string of the molecule is C/C=C(\C)[C@H]1OC(=O)[C@@H](C)NC(=O)C(C(C)CC)NC(=O)CN(C)C(=O)[C@@H](Cc2ccccc2)N(C)C(=O)[C@H](C)NC(=O)[C@@H](CC(C)C)OC(=O)/C(C)=C/C[C@H](OC(=O)CCCCCN2C(=O)C=CC2=O)[C@@H]1C. The Morgan fingerprint density at radius 1 is 0.836 bits per heavy atom. The van der Waals surface area contributed by atoms with E-state index >= 15 is 0 Å². The van der Waals surface area contributed by atoms with Gasteiger partial charge in [-0.05, 0) is 76.9 Å². The van der Waals surface area contributed by atoms with Crippen LogP contribution in [0.15, 0.2) is 65.8 Å². The first-order chi connectivity index (χ1) is 34.4. The van der Waals surface area contributed by atoms with Gasteiger partial charge in [-0.25, -0.2) is 9.59 Å². The maximum absolute atomic E-state index is 14.3. The number of imide groups is 1. The van der Waals surface area contributed by atoms with E-state index in [-0.39, 0.29) is 43.7 Å². The topological polar surface area (TPSA) is 244 Å². The Balaban J connectivity index is 2.05. The molecule has 1 aromatic carbocycles. The minimum atomic E-state index is -1.34. The van der Waals surface area contributed by atoms with Gasteiger partial charge in [0.15, 0.2) is 6.10 Å². The van der Waals surface area contributed by atoms with Gasteiger partial charge in [0, 0.05) is 63.5 Å². The van der Waals surface area contributed by atoms with Crippen molar-refractivity contribution in [1.82, 2.24) is 30.7 Å². The molecule has 3 N–H and O–H groups in total. The minimum Gasteiger partial charge on any atom is -0.462 e. The Hall–Kier alpha value is -6.66. The van der Waals surface area contributed by atoms with Crippen molar-refractivity contribution in [3.63, 3.8) is 0 Å². The van der Waals surface area contributed by atoms with Crippen LogP contribution >= 0.6 is 0 Å². The molecule has 0 fully saturated rings. The van der Waals surface area contributed by atoms with E-state index in [0.29, 0.717) is 36.8 Å². The van der Waals surface area contributed by atoms with Gasteiger partial charge in [0.2, 0.25) is 23.6 Å². The summed E-state index contributed by atoms with van der Waals surface area (Å²) in [6.07, 6.45) is 4.13.